The maximum absolute atomic E-state index is 14.4. The van der Waals surface area contributed by atoms with E-state index in [0.717, 1.165) is 17.5 Å². The normalized spacial score (nSPS) is 17.0. The molecule has 0 spiro atoms. The molecule has 2 amide bonds. The maximum atomic E-state index is 14.4. The summed E-state index contributed by atoms with van der Waals surface area (Å²) in [6.07, 6.45) is 0.485. The molecule has 0 unspecified atom stereocenters. The molecule has 0 heterocycles. The first kappa shape index (κ1) is 20.6. The minimum Gasteiger partial charge on any atom is -0.444 e. The predicted octanol–water partition coefficient (Wildman–Crippen LogP) is 5.95. The van der Waals surface area contributed by atoms with Gasteiger partial charge in [-0.3, -0.25) is 10.1 Å². The van der Waals surface area contributed by atoms with Gasteiger partial charge in [0.05, 0.1) is 5.69 Å². The summed E-state index contributed by atoms with van der Waals surface area (Å²) in [4.78, 5) is 24.4. The number of hydrogen-bond donors (Lipinski definition) is 2. The van der Waals surface area contributed by atoms with Crippen LogP contribution in [0.15, 0.2) is 72.8 Å². The number of halogens is 1. The lowest BCUT2D eigenvalue weighted by Crippen LogP contribution is -2.15. The van der Waals surface area contributed by atoms with Crippen LogP contribution in [0.4, 0.5) is 20.6 Å². The lowest BCUT2D eigenvalue weighted by molar-refractivity contribution is 0.102. The Hall–Kier alpha value is -3.67. The monoisotopic (exact) mass is 418 g/mol. The Morgan fingerprint density at radius 1 is 1.00 bits per heavy atom. The van der Waals surface area contributed by atoms with Crippen LogP contribution in [0.1, 0.15) is 40.7 Å². The van der Waals surface area contributed by atoms with E-state index >= 15 is 0 Å². The van der Waals surface area contributed by atoms with E-state index in [4.69, 9.17) is 4.74 Å². The number of benzene rings is 3. The van der Waals surface area contributed by atoms with Crippen molar-refractivity contribution in [3.8, 4) is 0 Å². The highest BCUT2D eigenvalue weighted by Crippen LogP contribution is 2.47. The van der Waals surface area contributed by atoms with Gasteiger partial charge in [0.15, 0.2) is 0 Å². The van der Waals surface area contributed by atoms with Crippen LogP contribution in [0.25, 0.3) is 0 Å². The number of carbonyl (C=O) groups is 2. The quantitative estimate of drug-likeness (QED) is 0.520. The number of nitrogens with one attached hydrogen (secondary N) is 2. The van der Waals surface area contributed by atoms with Crippen molar-refractivity contribution >= 4 is 23.4 Å². The number of hydrogen-bond acceptors (Lipinski definition) is 3. The maximum Gasteiger partial charge on any atom is 0.411 e. The Kier molecular flexibility index (Phi) is 5.98. The highest BCUT2D eigenvalue weighted by molar-refractivity contribution is 6.04. The Morgan fingerprint density at radius 3 is 2.35 bits per heavy atom. The summed E-state index contributed by atoms with van der Waals surface area (Å²) in [7, 11) is 0. The SMILES string of the molecule is C[C@H]1C[C@H]1c1ccc(NC(=O)c2ccc(NC(=O)OCc3ccccc3)cc2)c(F)c1. The van der Waals surface area contributed by atoms with Crippen LogP contribution in [-0.4, -0.2) is 12.0 Å². The number of ether oxygens (including phenoxy) is 1. The molecule has 3 aromatic rings. The van der Waals surface area contributed by atoms with Gasteiger partial charge in [0.25, 0.3) is 5.91 Å². The molecule has 4 rings (SSSR count). The average molecular weight is 418 g/mol. The van der Waals surface area contributed by atoms with Crippen LogP contribution in [0.3, 0.4) is 0 Å². The van der Waals surface area contributed by atoms with Crippen molar-refractivity contribution in [3.05, 3.63) is 95.3 Å². The summed E-state index contributed by atoms with van der Waals surface area (Å²) in [5.74, 6) is 0.135. The summed E-state index contributed by atoms with van der Waals surface area (Å²) < 4.78 is 19.5. The second kappa shape index (κ2) is 9.00. The van der Waals surface area contributed by atoms with Crippen LogP contribution in [-0.2, 0) is 11.3 Å². The number of rotatable bonds is 6. The molecule has 1 fully saturated rings. The van der Waals surface area contributed by atoms with Crippen LogP contribution in [0.2, 0.25) is 0 Å². The minimum atomic E-state index is -0.590. The molecule has 1 aliphatic carbocycles. The van der Waals surface area contributed by atoms with E-state index in [-0.39, 0.29) is 12.3 Å². The molecule has 31 heavy (non-hydrogen) atoms. The topological polar surface area (TPSA) is 67.4 Å². The molecule has 6 heteroatoms. The fourth-order valence-electron chi connectivity index (χ4n) is 3.43. The Balaban J connectivity index is 1.31. The van der Waals surface area contributed by atoms with E-state index in [0.29, 0.717) is 23.1 Å². The van der Waals surface area contributed by atoms with Crippen LogP contribution < -0.4 is 10.6 Å². The first-order valence-corrected chi connectivity index (χ1v) is 10.2. The van der Waals surface area contributed by atoms with Crippen LogP contribution in [0.5, 0.6) is 0 Å². The van der Waals surface area contributed by atoms with Gasteiger partial charge in [0.2, 0.25) is 0 Å². The Labute approximate surface area is 180 Å². The summed E-state index contributed by atoms with van der Waals surface area (Å²) in [5.41, 5.74) is 2.84. The van der Waals surface area contributed by atoms with Crippen molar-refractivity contribution in [1.82, 2.24) is 0 Å². The van der Waals surface area contributed by atoms with Crippen molar-refractivity contribution in [2.45, 2.75) is 25.9 Å². The largest absolute Gasteiger partial charge is 0.444 e. The van der Waals surface area contributed by atoms with E-state index in [1.54, 1.807) is 30.3 Å². The molecule has 2 atom stereocenters. The lowest BCUT2D eigenvalue weighted by Gasteiger charge is -2.10. The smallest absolute Gasteiger partial charge is 0.411 e. The van der Waals surface area contributed by atoms with Gasteiger partial charge in [0.1, 0.15) is 12.4 Å². The van der Waals surface area contributed by atoms with Gasteiger partial charge in [-0.1, -0.05) is 43.3 Å². The summed E-state index contributed by atoms with van der Waals surface area (Å²) in [5, 5.41) is 5.21. The van der Waals surface area contributed by atoms with E-state index < -0.39 is 17.8 Å². The zero-order chi connectivity index (χ0) is 21.8. The molecule has 158 valence electrons. The molecular weight excluding hydrogens is 395 g/mol. The van der Waals surface area contributed by atoms with Gasteiger partial charge < -0.3 is 10.1 Å². The van der Waals surface area contributed by atoms with Gasteiger partial charge >= 0.3 is 6.09 Å². The molecular formula is C25H23FN2O3. The second-order valence-electron chi connectivity index (χ2n) is 7.78. The fourth-order valence-corrected chi connectivity index (χ4v) is 3.43. The summed E-state index contributed by atoms with van der Waals surface area (Å²) >= 11 is 0. The first-order valence-electron chi connectivity index (χ1n) is 10.2. The van der Waals surface area contributed by atoms with Crippen LogP contribution >= 0.6 is 0 Å². The fraction of sp³-hybridized carbons (Fsp3) is 0.200. The van der Waals surface area contributed by atoms with Gasteiger partial charge in [-0.05, 0) is 65.8 Å². The van der Waals surface area contributed by atoms with Crippen molar-refractivity contribution in [1.29, 1.82) is 0 Å². The minimum absolute atomic E-state index is 0.147. The number of amides is 2. The van der Waals surface area contributed by atoms with E-state index in [1.807, 2.05) is 36.4 Å². The molecule has 5 nitrogen and oxygen atoms in total. The predicted molar refractivity (Wildman–Crippen MR) is 118 cm³/mol. The second-order valence-corrected chi connectivity index (χ2v) is 7.78. The molecule has 0 bridgehead atoms. The summed E-state index contributed by atoms with van der Waals surface area (Å²) in [6, 6.07) is 20.6. The molecule has 2 N–H and O–H groups in total. The zero-order valence-corrected chi connectivity index (χ0v) is 17.1. The zero-order valence-electron chi connectivity index (χ0n) is 17.1. The number of anilines is 2. The molecule has 1 aliphatic rings. The van der Waals surface area contributed by atoms with Gasteiger partial charge in [-0.2, -0.15) is 0 Å². The number of carbonyl (C=O) groups excluding carboxylic acids is 2. The first-order chi connectivity index (χ1) is 15.0. The molecule has 0 aromatic heterocycles. The van der Waals surface area contributed by atoms with Crippen LogP contribution in [0, 0.1) is 11.7 Å². The standard InChI is InChI=1S/C25H23FN2O3/c1-16-13-21(16)19-9-12-23(22(26)14-19)28-24(29)18-7-10-20(11-8-18)27-25(30)31-15-17-5-3-2-4-6-17/h2-12,14,16,21H,13,15H2,1H3,(H,27,30)(H,28,29)/t16-,21+/m0/s1. The third-order valence-corrected chi connectivity index (χ3v) is 5.39. The third-order valence-electron chi connectivity index (χ3n) is 5.39. The van der Waals surface area contributed by atoms with Crippen molar-refractivity contribution < 1.29 is 18.7 Å². The highest BCUT2D eigenvalue weighted by Gasteiger charge is 2.34. The average Bonchev–Trinajstić information content (AvgIpc) is 3.51. The molecule has 3 aromatic carbocycles. The molecule has 0 radical (unpaired) electrons. The van der Waals surface area contributed by atoms with Gasteiger partial charge in [0, 0.05) is 11.3 Å². The van der Waals surface area contributed by atoms with Gasteiger partial charge in [-0.25, -0.2) is 9.18 Å². The molecule has 0 aliphatic heterocycles. The van der Waals surface area contributed by atoms with Gasteiger partial charge in [-0.15, -0.1) is 0 Å². The van der Waals surface area contributed by atoms with E-state index in [9.17, 15) is 14.0 Å². The van der Waals surface area contributed by atoms with E-state index in [2.05, 4.69) is 17.6 Å². The molecule has 0 saturated heterocycles. The summed E-state index contributed by atoms with van der Waals surface area (Å²) in [6.45, 7) is 2.30. The van der Waals surface area contributed by atoms with Crippen molar-refractivity contribution in [3.63, 3.8) is 0 Å². The Bertz CT molecular complexity index is 1080. The third kappa shape index (κ3) is 5.28. The highest BCUT2D eigenvalue weighted by atomic mass is 19.1. The Morgan fingerprint density at radius 2 is 1.71 bits per heavy atom. The van der Waals surface area contributed by atoms with Crippen molar-refractivity contribution in [2.75, 3.05) is 10.6 Å². The van der Waals surface area contributed by atoms with E-state index in [1.165, 1.54) is 6.07 Å². The molecule has 1 saturated carbocycles. The lowest BCUT2D eigenvalue weighted by atomic mass is 10.1. The van der Waals surface area contributed by atoms with Crippen molar-refractivity contribution in [2.24, 2.45) is 5.92 Å².